The Bertz CT molecular complexity index is 3730. The van der Waals surface area contributed by atoms with Crippen LogP contribution in [0.4, 0.5) is 0 Å². The van der Waals surface area contributed by atoms with Crippen molar-refractivity contribution < 1.29 is 13.3 Å². The molecule has 3 heteroatoms. The molecular weight excluding hydrogens is 733 g/mol. The van der Waals surface area contributed by atoms with E-state index in [1.165, 1.54) is 61.0 Å². The fourth-order valence-corrected chi connectivity index (χ4v) is 10.1. The van der Waals surface area contributed by atoms with Gasteiger partial charge in [0.1, 0.15) is 33.5 Å². The Morgan fingerprint density at radius 1 is 0.300 bits per heavy atom. The average molecular weight is 769 g/mol. The molecule has 13 rings (SSSR count). The van der Waals surface area contributed by atoms with E-state index in [1.54, 1.807) is 0 Å². The maximum Gasteiger partial charge on any atom is 0.135 e. The van der Waals surface area contributed by atoms with E-state index in [0.717, 1.165) is 71.6 Å². The second-order valence-corrected chi connectivity index (χ2v) is 16.8. The van der Waals surface area contributed by atoms with Crippen LogP contribution in [0.15, 0.2) is 195 Å². The van der Waals surface area contributed by atoms with Crippen LogP contribution in [0.25, 0.3) is 121 Å². The minimum absolute atomic E-state index is 0.269. The second-order valence-electron chi connectivity index (χ2n) is 16.8. The van der Waals surface area contributed by atoms with Crippen molar-refractivity contribution in [2.24, 2.45) is 0 Å². The highest BCUT2D eigenvalue weighted by atomic mass is 16.3. The minimum Gasteiger partial charge on any atom is -0.456 e. The summed E-state index contributed by atoms with van der Waals surface area (Å²) in [6, 6.07) is 65.2. The standard InChI is InChI=1S/C57H36O3/c1-57(2)48-32-40(38-17-24-52-46(30-38)44-28-36(15-22-50(44)59-52)34-11-7-4-8-12-34)13-19-41(48)42-20-26-54-55(56(42)57)47-31-39(18-25-53(47)60-54)37-16-23-51-45(29-37)43-27-35(14-21-49(43)58-51)33-9-5-3-6-10-33/h3-32H,1-2H3. The predicted molar refractivity (Wildman–Crippen MR) is 248 cm³/mol. The lowest BCUT2D eigenvalue weighted by Crippen LogP contribution is -2.15. The SMILES string of the molecule is CC1(C)c2cc(-c3ccc4oc5ccc(-c6ccccc6)cc5c4c3)ccc2-c2ccc3oc4ccc(-c5ccc6oc7ccc(-c8ccccc8)cc7c6c5)cc4c3c21. The van der Waals surface area contributed by atoms with E-state index < -0.39 is 0 Å². The molecule has 9 aromatic carbocycles. The molecule has 0 spiro atoms. The zero-order chi connectivity index (χ0) is 39.7. The Morgan fingerprint density at radius 2 is 0.650 bits per heavy atom. The van der Waals surface area contributed by atoms with Gasteiger partial charge in [-0.2, -0.15) is 0 Å². The molecule has 0 bridgehead atoms. The van der Waals surface area contributed by atoms with Crippen LogP contribution in [-0.2, 0) is 5.41 Å². The highest BCUT2D eigenvalue weighted by Crippen LogP contribution is 2.54. The topological polar surface area (TPSA) is 39.4 Å². The number of hydrogen-bond acceptors (Lipinski definition) is 3. The highest BCUT2D eigenvalue weighted by Gasteiger charge is 2.38. The number of rotatable bonds is 4. The van der Waals surface area contributed by atoms with Crippen LogP contribution in [0.5, 0.6) is 0 Å². The van der Waals surface area contributed by atoms with Crippen LogP contribution in [0.1, 0.15) is 25.0 Å². The summed E-state index contributed by atoms with van der Waals surface area (Å²) in [7, 11) is 0. The maximum atomic E-state index is 6.61. The zero-order valence-electron chi connectivity index (χ0n) is 33.0. The van der Waals surface area contributed by atoms with E-state index in [9.17, 15) is 0 Å². The third-order valence-electron chi connectivity index (χ3n) is 13.1. The monoisotopic (exact) mass is 768 g/mol. The van der Waals surface area contributed by atoms with Crippen LogP contribution in [0.3, 0.4) is 0 Å². The molecule has 1 aliphatic carbocycles. The first-order valence-electron chi connectivity index (χ1n) is 20.6. The molecule has 3 aromatic heterocycles. The van der Waals surface area contributed by atoms with Gasteiger partial charge >= 0.3 is 0 Å². The molecule has 60 heavy (non-hydrogen) atoms. The molecule has 0 atom stereocenters. The van der Waals surface area contributed by atoms with E-state index >= 15 is 0 Å². The van der Waals surface area contributed by atoms with Gasteiger partial charge in [0.05, 0.1) is 0 Å². The minimum atomic E-state index is -0.269. The van der Waals surface area contributed by atoms with E-state index in [-0.39, 0.29) is 5.41 Å². The van der Waals surface area contributed by atoms with E-state index in [2.05, 4.69) is 196 Å². The van der Waals surface area contributed by atoms with Gasteiger partial charge in [0, 0.05) is 37.7 Å². The van der Waals surface area contributed by atoms with Gasteiger partial charge in [-0.05, 0) is 140 Å². The smallest absolute Gasteiger partial charge is 0.135 e. The molecule has 3 heterocycles. The lowest BCUT2D eigenvalue weighted by Gasteiger charge is -2.23. The number of furan rings is 3. The molecule has 0 saturated heterocycles. The van der Waals surface area contributed by atoms with Crippen LogP contribution in [0.2, 0.25) is 0 Å². The summed E-state index contributed by atoms with van der Waals surface area (Å²) in [6.07, 6.45) is 0. The number of benzene rings is 9. The lowest BCUT2D eigenvalue weighted by molar-refractivity contribution is 0.657. The number of hydrogen-bond donors (Lipinski definition) is 0. The Labute approximate surface area is 345 Å². The molecule has 0 unspecified atom stereocenters. The van der Waals surface area contributed by atoms with Crippen LogP contribution >= 0.6 is 0 Å². The van der Waals surface area contributed by atoms with Crippen molar-refractivity contribution in [2.75, 3.05) is 0 Å². The van der Waals surface area contributed by atoms with Crippen LogP contribution in [-0.4, -0.2) is 0 Å². The summed E-state index contributed by atoms with van der Waals surface area (Å²) in [4.78, 5) is 0. The summed E-state index contributed by atoms with van der Waals surface area (Å²) in [5.74, 6) is 0. The van der Waals surface area contributed by atoms with Gasteiger partial charge in [0.2, 0.25) is 0 Å². The van der Waals surface area contributed by atoms with Gasteiger partial charge in [0.25, 0.3) is 0 Å². The summed E-state index contributed by atoms with van der Waals surface area (Å²) >= 11 is 0. The molecular formula is C57H36O3. The van der Waals surface area contributed by atoms with Crippen LogP contribution in [0, 0.1) is 0 Å². The summed E-state index contributed by atoms with van der Waals surface area (Å²) < 4.78 is 19.3. The Hall–Kier alpha value is -7.62. The van der Waals surface area contributed by atoms with Crippen molar-refractivity contribution in [3.8, 4) is 55.6 Å². The van der Waals surface area contributed by atoms with Crippen molar-refractivity contribution in [1.82, 2.24) is 0 Å². The molecule has 0 amide bonds. The molecule has 282 valence electrons. The van der Waals surface area contributed by atoms with Crippen molar-refractivity contribution in [3.63, 3.8) is 0 Å². The van der Waals surface area contributed by atoms with Crippen molar-refractivity contribution in [1.29, 1.82) is 0 Å². The molecule has 0 saturated carbocycles. The fourth-order valence-electron chi connectivity index (χ4n) is 10.1. The number of fused-ring (bicyclic) bond motifs is 13. The average Bonchev–Trinajstić information content (AvgIpc) is 4.03. The molecule has 12 aromatic rings. The second kappa shape index (κ2) is 12.2. The Kier molecular flexibility index (Phi) is 6.78. The van der Waals surface area contributed by atoms with Gasteiger partial charge in [-0.25, -0.2) is 0 Å². The maximum absolute atomic E-state index is 6.61. The molecule has 3 nitrogen and oxygen atoms in total. The van der Waals surface area contributed by atoms with Crippen molar-refractivity contribution in [3.05, 3.63) is 193 Å². The van der Waals surface area contributed by atoms with Gasteiger partial charge in [-0.1, -0.05) is 123 Å². The Balaban J connectivity index is 0.908. The van der Waals surface area contributed by atoms with Gasteiger partial charge in [-0.15, -0.1) is 0 Å². The van der Waals surface area contributed by atoms with Crippen molar-refractivity contribution in [2.45, 2.75) is 19.3 Å². The van der Waals surface area contributed by atoms with Crippen molar-refractivity contribution >= 4 is 65.8 Å². The van der Waals surface area contributed by atoms with Gasteiger partial charge in [-0.3, -0.25) is 0 Å². The zero-order valence-corrected chi connectivity index (χ0v) is 33.0. The fraction of sp³-hybridized carbons (Fsp3) is 0.0526. The lowest BCUT2D eigenvalue weighted by atomic mass is 9.79. The summed E-state index contributed by atoms with van der Waals surface area (Å²) in [5, 5.41) is 6.82. The Morgan fingerprint density at radius 3 is 1.13 bits per heavy atom. The van der Waals surface area contributed by atoms with Gasteiger partial charge in [0.15, 0.2) is 0 Å². The largest absolute Gasteiger partial charge is 0.456 e. The summed E-state index contributed by atoms with van der Waals surface area (Å²) in [6.45, 7) is 4.73. The first-order chi connectivity index (χ1) is 29.4. The quantitative estimate of drug-likeness (QED) is 0.179. The third kappa shape index (κ3) is 4.84. The predicted octanol–water partition coefficient (Wildman–Crippen LogP) is 16.4. The molecule has 0 N–H and O–H groups in total. The molecule has 0 radical (unpaired) electrons. The molecule has 1 aliphatic rings. The van der Waals surface area contributed by atoms with Gasteiger partial charge < -0.3 is 13.3 Å². The molecule has 0 fully saturated rings. The summed E-state index contributed by atoms with van der Waals surface area (Å²) in [5.41, 5.74) is 19.7. The van der Waals surface area contributed by atoms with E-state index in [1.807, 2.05) is 0 Å². The van der Waals surface area contributed by atoms with E-state index in [0.29, 0.717) is 0 Å². The first-order valence-corrected chi connectivity index (χ1v) is 20.6. The van der Waals surface area contributed by atoms with E-state index in [4.69, 9.17) is 13.3 Å². The highest BCUT2D eigenvalue weighted by molar-refractivity contribution is 6.13. The van der Waals surface area contributed by atoms with Crippen LogP contribution < -0.4 is 0 Å². The normalized spacial score (nSPS) is 13.3. The third-order valence-corrected chi connectivity index (χ3v) is 13.1. The first kappa shape index (κ1) is 33.4. The molecule has 0 aliphatic heterocycles.